The van der Waals surface area contributed by atoms with Gasteiger partial charge in [0.1, 0.15) is 17.5 Å². The fourth-order valence-corrected chi connectivity index (χ4v) is 1.89. The molecule has 1 aromatic heterocycles. The maximum absolute atomic E-state index is 11.3. The summed E-state index contributed by atoms with van der Waals surface area (Å²) in [6, 6.07) is 1.77. The lowest BCUT2D eigenvalue weighted by atomic mass is 10.2. The number of aromatic nitrogens is 2. The lowest BCUT2D eigenvalue weighted by Crippen LogP contribution is -2.29. The van der Waals surface area contributed by atoms with Crippen molar-refractivity contribution in [2.24, 2.45) is 0 Å². The maximum Gasteiger partial charge on any atom is 0.221 e. The van der Waals surface area contributed by atoms with E-state index >= 15 is 0 Å². The summed E-state index contributed by atoms with van der Waals surface area (Å²) in [6.45, 7) is 6.12. The van der Waals surface area contributed by atoms with E-state index in [1.807, 2.05) is 13.8 Å². The van der Waals surface area contributed by atoms with Crippen LogP contribution in [-0.2, 0) is 4.79 Å². The first-order valence-electron chi connectivity index (χ1n) is 6.22. The molecule has 2 heterocycles. The van der Waals surface area contributed by atoms with Gasteiger partial charge < -0.3 is 16.0 Å². The third kappa shape index (κ3) is 2.88. The van der Waals surface area contributed by atoms with Crippen LogP contribution < -0.4 is 16.0 Å². The Kier molecular flexibility index (Phi) is 3.64. The number of hydrogen-bond donors (Lipinski definition) is 2. The number of anilines is 2. The molecule has 6 nitrogen and oxygen atoms in total. The molecule has 0 bridgehead atoms. The number of carbonyl (C=O) groups excluding carboxylic acids is 1. The summed E-state index contributed by atoms with van der Waals surface area (Å²) < 4.78 is 0. The Bertz CT molecular complexity index is 446. The minimum Gasteiger partial charge on any atom is -0.384 e. The van der Waals surface area contributed by atoms with Crippen LogP contribution in [0.4, 0.5) is 11.6 Å². The van der Waals surface area contributed by atoms with Crippen LogP contribution in [0.3, 0.4) is 0 Å². The predicted molar refractivity (Wildman–Crippen MR) is 70.4 cm³/mol. The molecule has 0 aromatic carbocycles. The van der Waals surface area contributed by atoms with Gasteiger partial charge in [-0.15, -0.1) is 0 Å². The van der Waals surface area contributed by atoms with Crippen molar-refractivity contribution in [3.8, 4) is 0 Å². The Balaban J connectivity index is 2.23. The lowest BCUT2D eigenvalue weighted by molar-refractivity contribution is -0.120. The molecule has 6 heteroatoms. The van der Waals surface area contributed by atoms with Gasteiger partial charge in [0, 0.05) is 38.0 Å². The molecule has 0 saturated carbocycles. The van der Waals surface area contributed by atoms with E-state index in [2.05, 4.69) is 20.2 Å². The highest BCUT2D eigenvalue weighted by atomic mass is 16.1. The quantitative estimate of drug-likeness (QED) is 0.797. The highest BCUT2D eigenvalue weighted by molar-refractivity contribution is 5.77. The molecule has 0 aliphatic carbocycles. The number of nitrogens with two attached hydrogens (primary N) is 1. The van der Waals surface area contributed by atoms with Gasteiger partial charge in [-0.2, -0.15) is 0 Å². The largest absolute Gasteiger partial charge is 0.384 e. The number of carbonyl (C=O) groups is 1. The molecule has 0 atom stereocenters. The second kappa shape index (κ2) is 5.20. The standard InChI is InChI=1S/C12H19N5O/c1-8(2)12-15-9(13)7-10(16-12)17-5-3-11(18)14-4-6-17/h7-8H,3-6H2,1-2H3,(H,14,18)(H2,13,15,16). The van der Waals surface area contributed by atoms with E-state index in [9.17, 15) is 4.79 Å². The molecule has 0 radical (unpaired) electrons. The number of nitrogens with one attached hydrogen (secondary N) is 1. The van der Waals surface area contributed by atoms with E-state index in [0.29, 0.717) is 25.3 Å². The predicted octanol–water partition coefficient (Wildman–Crippen LogP) is 0.508. The molecule has 1 aliphatic heterocycles. The van der Waals surface area contributed by atoms with Gasteiger partial charge >= 0.3 is 0 Å². The van der Waals surface area contributed by atoms with Crippen LogP contribution in [0.25, 0.3) is 0 Å². The summed E-state index contributed by atoms with van der Waals surface area (Å²) >= 11 is 0. The number of hydrogen-bond acceptors (Lipinski definition) is 5. The normalized spacial score (nSPS) is 16.6. The number of nitrogen functional groups attached to an aromatic ring is 1. The molecule has 1 aliphatic rings. The summed E-state index contributed by atoms with van der Waals surface area (Å²) in [5, 5.41) is 2.84. The Hall–Kier alpha value is -1.85. The van der Waals surface area contributed by atoms with Gasteiger partial charge in [-0.3, -0.25) is 4.79 Å². The second-order valence-electron chi connectivity index (χ2n) is 4.75. The van der Waals surface area contributed by atoms with Crippen molar-refractivity contribution in [2.45, 2.75) is 26.2 Å². The first-order valence-corrected chi connectivity index (χ1v) is 6.22. The van der Waals surface area contributed by atoms with Crippen molar-refractivity contribution in [2.75, 3.05) is 30.3 Å². The second-order valence-corrected chi connectivity index (χ2v) is 4.75. The summed E-state index contributed by atoms with van der Waals surface area (Å²) in [6.07, 6.45) is 0.487. The molecule has 1 aromatic rings. The average Bonchev–Trinajstić information content (AvgIpc) is 2.53. The molecule has 0 unspecified atom stereocenters. The molecule has 1 saturated heterocycles. The molecule has 1 fully saturated rings. The first kappa shape index (κ1) is 12.6. The monoisotopic (exact) mass is 249 g/mol. The van der Waals surface area contributed by atoms with Gasteiger partial charge in [0.25, 0.3) is 0 Å². The summed E-state index contributed by atoms with van der Waals surface area (Å²) in [7, 11) is 0. The fraction of sp³-hybridized carbons (Fsp3) is 0.583. The third-order valence-electron chi connectivity index (χ3n) is 2.90. The Morgan fingerprint density at radius 3 is 2.89 bits per heavy atom. The van der Waals surface area contributed by atoms with Crippen molar-refractivity contribution in [1.82, 2.24) is 15.3 Å². The number of nitrogens with zero attached hydrogens (tertiary/aromatic N) is 3. The number of rotatable bonds is 2. The van der Waals surface area contributed by atoms with Crippen molar-refractivity contribution in [3.63, 3.8) is 0 Å². The Morgan fingerprint density at radius 1 is 1.39 bits per heavy atom. The highest BCUT2D eigenvalue weighted by Gasteiger charge is 2.16. The van der Waals surface area contributed by atoms with Crippen LogP contribution in [0.2, 0.25) is 0 Å². The van der Waals surface area contributed by atoms with Crippen molar-refractivity contribution in [1.29, 1.82) is 0 Å². The molecule has 3 N–H and O–H groups in total. The van der Waals surface area contributed by atoms with Gasteiger partial charge in [0.15, 0.2) is 0 Å². The van der Waals surface area contributed by atoms with E-state index in [4.69, 9.17) is 5.73 Å². The zero-order valence-electron chi connectivity index (χ0n) is 10.8. The SMILES string of the molecule is CC(C)c1nc(N)cc(N2CCNC(=O)CC2)n1. The van der Waals surface area contributed by atoms with Crippen molar-refractivity contribution in [3.05, 3.63) is 11.9 Å². The molecular weight excluding hydrogens is 230 g/mol. The molecule has 0 spiro atoms. The van der Waals surface area contributed by atoms with E-state index in [1.165, 1.54) is 0 Å². The zero-order chi connectivity index (χ0) is 13.1. The Labute approximate surface area is 107 Å². The van der Waals surface area contributed by atoms with Crippen LogP contribution in [0.5, 0.6) is 0 Å². The van der Waals surface area contributed by atoms with Gasteiger partial charge in [0.05, 0.1) is 0 Å². The summed E-state index contributed by atoms with van der Waals surface area (Å²) in [5.41, 5.74) is 5.81. The molecule has 18 heavy (non-hydrogen) atoms. The zero-order valence-corrected chi connectivity index (χ0v) is 10.8. The van der Waals surface area contributed by atoms with Crippen LogP contribution in [-0.4, -0.2) is 35.5 Å². The maximum atomic E-state index is 11.3. The van der Waals surface area contributed by atoms with E-state index in [-0.39, 0.29) is 11.8 Å². The highest BCUT2D eigenvalue weighted by Crippen LogP contribution is 2.19. The average molecular weight is 249 g/mol. The molecule has 98 valence electrons. The smallest absolute Gasteiger partial charge is 0.221 e. The van der Waals surface area contributed by atoms with Gasteiger partial charge in [-0.25, -0.2) is 9.97 Å². The topological polar surface area (TPSA) is 84.1 Å². The van der Waals surface area contributed by atoms with E-state index < -0.39 is 0 Å². The van der Waals surface area contributed by atoms with Gasteiger partial charge in [-0.05, 0) is 0 Å². The van der Waals surface area contributed by atoms with Crippen LogP contribution in [0, 0.1) is 0 Å². The summed E-state index contributed by atoms with van der Waals surface area (Å²) in [5.74, 6) is 2.35. The fourth-order valence-electron chi connectivity index (χ4n) is 1.89. The minimum atomic E-state index is 0.0867. The molecule has 1 amide bonds. The lowest BCUT2D eigenvalue weighted by Gasteiger charge is -2.21. The number of amides is 1. The third-order valence-corrected chi connectivity index (χ3v) is 2.90. The first-order chi connectivity index (χ1) is 8.56. The van der Waals surface area contributed by atoms with Crippen LogP contribution in [0.15, 0.2) is 6.07 Å². The van der Waals surface area contributed by atoms with Crippen LogP contribution in [0.1, 0.15) is 32.0 Å². The van der Waals surface area contributed by atoms with E-state index in [1.54, 1.807) is 6.07 Å². The Morgan fingerprint density at radius 2 is 2.17 bits per heavy atom. The molecule has 2 rings (SSSR count). The van der Waals surface area contributed by atoms with E-state index in [0.717, 1.165) is 18.2 Å². The van der Waals surface area contributed by atoms with Crippen molar-refractivity contribution >= 4 is 17.5 Å². The van der Waals surface area contributed by atoms with Crippen LogP contribution >= 0.6 is 0 Å². The minimum absolute atomic E-state index is 0.0867. The molecular formula is C12H19N5O. The van der Waals surface area contributed by atoms with Gasteiger partial charge in [0.2, 0.25) is 5.91 Å². The van der Waals surface area contributed by atoms with Gasteiger partial charge in [-0.1, -0.05) is 13.8 Å². The summed E-state index contributed by atoms with van der Waals surface area (Å²) in [4.78, 5) is 22.1. The van der Waals surface area contributed by atoms with Crippen molar-refractivity contribution < 1.29 is 4.79 Å².